The van der Waals surface area contributed by atoms with Crippen molar-refractivity contribution in [3.05, 3.63) is 108 Å². The van der Waals surface area contributed by atoms with Crippen molar-refractivity contribution >= 4 is 18.0 Å². The number of hydrogen-bond donors (Lipinski definition) is 1. The molecule has 0 spiro atoms. The Morgan fingerprint density at radius 3 is 1.53 bits per heavy atom. The molecule has 34 heavy (non-hydrogen) atoms. The molecule has 1 aliphatic rings. The first-order valence-corrected chi connectivity index (χ1v) is 11.0. The van der Waals surface area contributed by atoms with Gasteiger partial charge in [-0.3, -0.25) is 0 Å². The molecule has 1 amide bonds. The van der Waals surface area contributed by atoms with Crippen LogP contribution in [0.4, 0.5) is 4.79 Å². The number of carbonyl (C=O) groups is 3. The van der Waals surface area contributed by atoms with Gasteiger partial charge in [0.25, 0.3) is 0 Å². The molecule has 4 rings (SSSR count). The normalized spacial score (nSPS) is 18.4. The number of hydrogen-bond acceptors (Lipinski definition) is 6. The summed E-state index contributed by atoms with van der Waals surface area (Å²) in [4.78, 5) is 36.9. The molecular formula is C27H25NO6. The van der Waals surface area contributed by atoms with E-state index in [4.69, 9.17) is 14.2 Å². The molecular weight excluding hydrogens is 434 g/mol. The Hall–Kier alpha value is -4.13. The summed E-state index contributed by atoms with van der Waals surface area (Å²) in [7, 11) is 0. The summed E-state index contributed by atoms with van der Waals surface area (Å²) in [5, 5.41) is 2.81. The topological polar surface area (TPSA) is 90.9 Å². The van der Waals surface area contributed by atoms with Crippen molar-refractivity contribution in [2.75, 3.05) is 13.2 Å². The van der Waals surface area contributed by atoms with Crippen LogP contribution in [-0.4, -0.2) is 37.3 Å². The van der Waals surface area contributed by atoms with E-state index in [1.165, 1.54) is 0 Å². The Balaban J connectivity index is 1.32. The molecule has 0 aliphatic heterocycles. The zero-order chi connectivity index (χ0) is 23.8. The highest BCUT2D eigenvalue weighted by atomic mass is 16.6. The van der Waals surface area contributed by atoms with Gasteiger partial charge >= 0.3 is 18.0 Å². The first kappa shape index (κ1) is 23.0. The maximum absolute atomic E-state index is 12.3. The number of amides is 1. The van der Waals surface area contributed by atoms with Crippen molar-refractivity contribution in [1.29, 1.82) is 0 Å². The molecule has 2 unspecified atom stereocenters. The molecule has 2 atom stereocenters. The Bertz CT molecular complexity index is 1040. The minimum absolute atomic E-state index is 0.0882. The van der Waals surface area contributed by atoms with E-state index < -0.39 is 18.0 Å². The summed E-state index contributed by atoms with van der Waals surface area (Å²) in [5.74, 6) is -1.28. The highest BCUT2D eigenvalue weighted by Gasteiger charge is 2.53. The lowest BCUT2D eigenvalue weighted by atomic mass is 10.2. The van der Waals surface area contributed by atoms with Gasteiger partial charge in [-0.25, -0.2) is 14.4 Å². The molecule has 1 N–H and O–H groups in total. The number of ether oxygens (including phenoxy) is 3. The largest absolute Gasteiger partial charge is 0.462 e. The molecule has 0 heterocycles. The third-order valence-electron chi connectivity index (χ3n) is 5.66. The number of esters is 2. The van der Waals surface area contributed by atoms with Gasteiger partial charge in [-0.05, 0) is 29.8 Å². The first-order valence-electron chi connectivity index (χ1n) is 11.0. The Morgan fingerprint density at radius 1 is 0.618 bits per heavy atom. The predicted octanol–water partition coefficient (Wildman–Crippen LogP) is 4.24. The van der Waals surface area contributed by atoms with E-state index >= 15 is 0 Å². The van der Waals surface area contributed by atoms with Crippen LogP contribution in [0.25, 0.3) is 0 Å². The summed E-state index contributed by atoms with van der Waals surface area (Å²) >= 11 is 0. The van der Waals surface area contributed by atoms with Crippen LogP contribution in [0.5, 0.6) is 0 Å². The number of nitrogens with one attached hydrogen (secondary N) is 1. The summed E-state index contributed by atoms with van der Waals surface area (Å²) in [6, 6.07) is 26.4. The molecule has 3 aromatic rings. The van der Waals surface area contributed by atoms with Gasteiger partial charge in [0.15, 0.2) is 0 Å². The van der Waals surface area contributed by atoms with Crippen molar-refractivity contribution in [3.8, 4) is 0 Å². The molecule has 0 radical (unpaired) electrons. The number of rotatable bonds is 9. The summed E-state index contributed by atoms with van der Waals surface area (Å²) in [6.07, 6.45) is -0.579. The smallest absolute Gasteiger partial charge is 0.407 e. The molecule has 1 aliphatic carbocycles. The quantitative estimate of drug-likeness (QED) is 0.380. The van der Waals surface area contributed by atoms with Crippen LogP contribution < -0.4 is 5.32 Å². The zero-order valence-corrected chi connectivity index (χ0v) is 18.5. The van der Waals surface area contributed by atoms with Gasteiger partial charge in [0, 0.05) is 17.9 Å². The van der Waals surface area contributed by atoms with Gasteiger partial charge in [0.2, 0.25) is 0 Å². The van der Waals surface area contributed by atoms with E-state index in [0.29, 0.717) is 11.1 Å². The third kappa shape index (κ3) is 6.22. The van der Waals surface area contributed by atoms with Crippen LogP contribution in [0.3, 0.4) is 0 Å². The molecule has 3 aromatic carbocycles. The van der Waals surface area contributed by atoms with Crippen molar-refractivity contribution in [2.24, 2.45) is 11.8 Å². The van der Waals surface area contributed by atoms with Crippen LogP contribution in [-0.2, 0) is 20.8 Å². The van der Waals surface area contributed by atoms with Crippen molar-refractivity contribution in [3.63, 3.8) is 0 Å². The standard InChI is InChI=1S/C27H25NO6/c29-25(20-12-6-2-7-13-20)32-17-22-23(18-33-26(30)21-14-8-3-9-15-21)24(22)28-27(31)34-16-19-10-4-1-5-11-19/h1-15,22-24H,16-18H2,(H,28,31). The van der Waals surface area contributed by atoms with Gasteiger partial charge in [-0.1, -0.05) is 66.7 Å². The molecule has 7 heteroatoms. The molecule has 1 saturated carbocycles. The lowest BCUT2D eigenvalue weighted by Gasteiger charge is -2.08. The minimum Gasteiger partial charge on any atom is -0.462 e. The second-order valence-electron chi connectivity index (χ2n) is 7.99. The van der Waals surface area contributed by atoms with E-state index in [1.807, 2.05) is 42.5 Å². The number of carbonyl (C=O) groups excluding carboxylic acids is 3. The second kappa shape index (κ2) is 11.1. The zero-order valence-electron chi connectivity index (χ0n) is 18.5. The highest BCUT2D eigenvalue weighted by molar-refractivity contribution is 5.89. The first-order chi connectivity index (χ1) is 16.6. The van der Waals surface area contributed by atoms with Crippen molar-refractivity contribution < 1.29 is 28.6 Å². The van der Waals surface area contributed by atoms with Crippen LogP contribution in [0.2, 0.25) is 0 Å². The number of benzene rings is 3. The van der Waals surface area contributed by atoms with Gasteiger partial charge in [0.05, 0.1) is 24.3 Å². The van der Waals surface area contributed by atoms with Gasteiger partial charge in [-0.2, -0.15) is 0 Å². The Morgan fingerprint density at radius 2 is 1.06 bits per heavy atom. The lowest BCUT2D eigenvalue weighted by Crippen LogP contribution is -2.29. The fraction of sp³-hybridized carbons (Fsp3) is 0.222. The van der Waals surface area contributed by atoms with Gasteiger partial charge in [0.1, 0.15) is 6.61 Å². The maximum atomic E-state index is 12.3. The third-order valence-corrected chi connectivity index (χ3v) is 5.66. The lowest BCUT2D eigenvalue weighted by molar-refractivity contribution is 0.0419. The summed E-state index contributed by atoms with van der Waals surface area (Å²) in [6.45, 7) is 0.316. The second-order valence-corrected chi connectivity index (χ2v) is 7.99. The molecule has 1 fully saturated rings. The molecule has 7 nitrogen and oxygen atoms in total. The fourth-order valence-electron chi connectivity index (χ4n) is 3.67. The fourth-order valence-corrected chi connectivity index (χ4v) is 3.67. The van der Waals surface area contributed by atoms with E-state index in [2.05, 4.69) is 5.32 Å². The number of alkyl carbamates (subject to hydrolysis) is 1. The SMILES string of the molecule is O=C(NC1C(COC(=O)c2ccccc2)C1COC(=O)c1ccccc1)OCc1ccccc1. The maximum Gasteiger partial charge on any atom is 0.407 e. The highest BCUT2D eigenvalue weighted by Crippen LogP contribution is 2.40. The van der Waals surface area contributed by atoms with Crippen LogP contribution in [0.15, 0.2) is 91.0 Å². The molecule has 0 bridgehead atoms. The van der Waals surface area contributed by atoms with Gasteiger partial charge in [-0.15, -0.1) is 0 Å². The predicted molar refractivity (Wildman–Crippen MR) is 124 cm³/mol. The van der Waals surface area contributed by atoms with Crippen LogP contribution in [0, 0.1) is 11.8 Å². The molecule has 0 saturated heterocycles. The van der Waals surface area contributed by atoms with E-state index in [-0.39, 0.29) is 37.7 Å². The van der Waals surface area contributed by atoms with E-state index in [9.17, 15) is 14.4 Å². The summed E-state index contributed by atoms with van der Waals surface area (Å²) < 4.78 is 16.2. The Labute approximate surface area is 197 Å². The minimum atomic E-state index is -0.579. The van der Waals surface area contributed by atoms with E-state index in [0.717, 1.165) is 5.56 Å². The summed E-state index contributed by atoms with van der Waals surface area (Å²) in [5.41, 5.74) is 1.76. The average molecular weight is 459 g/mol. The van der Waals surface area contributed by atoms with Crippen molar-refractivity contribution in [1.82, 2.24) is 5.32 Å². The van der Waals surface area contributed by atoms with Crippen molar-refractivity contribution in [2.45, 2.75) is 12.6 Å². The molecule has 0 aromatic heterocycles. The monoisotopic (exact) mass is 459 g/mol. The average Bonchev–Trinajstić information content (AvgIpc) is 3.56. The van der Waals surface area contributed by atoms with E-state index in [1.54, 1.807) is 48.5 Å². The van der Waals surface area contributed by atoms with Crippen LogP contribution >= 0.6 is 0 Å². The van der Waals surface area contributed by atoms with Gasteiger partial charge < -0.3 is 19.5 Å². The Kier molecular flexibility index (Phi) is 7.55. The van der Waals surface area contributed by atoms with Crippen LogP contribution in [0.1, 0.15) is 26.3 Å². The molecule has 174 valence electrons.